The first-order valence-corrected chi connectivity index (χ1v) is 7.70. The van der Waals surface area contributed by atoms with Crippen LogP contribution in [-0.2, 0) is 17.1 Å². The van der Waals surface area contributed by atoms with Crippen LogP contribution >= 0.6 is 0 Å². The summed E-state index contributed by atoms with van der Waals surface area (Å²) < 4.78 is 29.1. The van der Waals surface area contributed by atoms with E-state index in [2.05, 4.69) is 25.0 Å². The van der Waals surface area contributed by atoms with Gasteiger partial charge in [0.05, 0.1) is 11.1 Å². The summed E-state index contributed by atoms with van der Waals surface area (Å²) in [6.45, 7) is 3.63. The minimum Gasteiger partial charge on any atom is -0.263 e. The second-order valence-electron chi connectivity index (χ2n) is 4.72. The van der Waals surface area contributed by atoms with Crippen molar-refractivity contribution in [1.29, 1.82) is 0 Å². The number of pyridine rings is 1. The van der Waals surface area contributed by atoms with Crippen molar-refractivity contribution in [2.45, 2.75) is 18.9 Å². The van der Waals surface area contributed by atoms with Gasteiger partial charge in [0, 0.05) is 18.8 Å². The molecule has 8 nitrogen and oxygen atoms in total. The lowest BCUT2D eigenvalue weighted by Gasteiger charge is -2.08. The van der Waals surface area contributed by atoms with Crippen LogP contribution in [0.1, 0.15) is 11.3 Å². The number of sulfonamides is 1. The SMILES string of the molecule is Cc1nn(C)c(NS(=O)(=O)c2[nH]nc3ncccc23)c1C. The summed E-state index contributed by atoms with van der Waals surface area (Å²) in [5.41, 5.74) is 1.91. The largest absolute Gasteiger partial charge is 0.280 e. The number of nitrogens with one attached hydrogen (secondary N) is 2. The topological polar surface area (TPSA) is 106 Å². The molecule has 0 unspecified atom stereocenters. The predicted molar refractivity (Wildman–Crippen MR) is 77.4 cm³/mol. The molecule has 0 aromatic carbocycles. The molecule has 0 radical (unpaired) electrons. The van der Waals surface area contributed by atoms with Crippen LogP contribution in [0.2, 0.25) is 0 Å². The van der Waals surface area contributed by atoms with E-state index in [4.69, 9.17) is 0 Å². The van der Waals surface area contributed by atoms with Crippen LogP contribution in [0.5, 0.6) is 0 Å². The minimum atomic E-state index is -3.80. The molecule has 0 bridgehead atoms. The fourth-order valence-corrected chi connectivity index (χ4v) is 3.37. The zero-order chi connectivity index (χ0) is 15.2. The third-order valence-corrected chi connectivity index (χ3v) is 4.63. The summed E-state index contributed by atoms with van der Waals surface area (Å²) in [4.78, 5) is 4.01. The molecule has 0 aliphatic heterocycles. The highest BCUT2D eigenvalue weighted by molar-refractivity contribution is 7.92. The molecule has 0 aliphatic carbocycles. The van der Waals surface area contributed by atoms with Gasteiger partial charge in [0.1, 0.15) is 5.82 Å². The van der Waals surface area contributed by atoms with E-state index in [0.29, 0.717) is 16.9 Å². The van der Waals surface area contributed by atoms with Gasteiger partial charge >= 0.3 is 0 Å². The Bertz CT molecular complexity index is 925. The number of hydrogen-bond acceptors (Lipinski definition) is 5. The summed E-state index contributed by atoms with van der Waals surface area (Å²) in [6.07, 6.45) is 1.56. The van der Waals surface area contributed by atoms with Crippen LogP contribution in [0, 0.1) is 13.8 Å². The van der Waals surface area contributed by atoms with E-state index < -0.39 is 10.0 Å². The van der Waals surface area contributed by atoms with Crippen molar-refractivity contribution in [2.75, 3.05) is 4.72 Å². The third kappa shape index (κ3) is 2.15. The van der Waals surface area contributed by atoms with Gasteiger partial charge in [-0.15, -0.1) is 0 Å². The van der Waals surface area contributed by atoms with Crippen LogP contribution in [0.15, 0.2) is 23.4 Å². The van der Waals surface area contributed by atoms with Crippen molar-refractivity contribution >= 4 is 26.9 Å². The first kappa shape index (κ1) is 13.6. The van der Waals surface area contributed by atoms with Crippen molar-refractivity contribution in [1.82, 2.24) is 25.0 Å². The standard InChI is InChI=1S/C12H14N6O2S/c1-7-8(2)16-18(3)11(7)17-21(19,20)12-9-5-4-6-13-10(9)14-15-12/h4-6,17H,1-3H3,(H,13,14,15). The molecule has 110 valence electrons. The highest BCUT2D eigenvalue weighted by atomic mass is 32.2. The van der Waals surface area contributed by atoms with Crippen molar-refractivity contribution in [2.24, 2.45) is 7.05 Å². The van der Waals surface area contributed by atoms with Crippen LogP contribution in [0.3, 0.4) is 0 Å². The summed E-state index contributed by atoms with van der Waals surface area (Å²) in [7, 11) is -2.11. The van der Waals surface area contributed by atoms with Crippen molar-refractivity contribution in [3.05, 3.63) is 29.6 Å². The summed E-state index contributed by atoms with van der Waals surface area (Å²) in [6, 6.07) is 3.32. The first-order chi connectivity index (χ1) is 9.90. The van der Waals surface area contributed by atoms with E-state index in [1.807, 2.05) is 13.8 Å². The monoisotopic (exact) mass is 306 g/mol. The fraction of sp³-hybridized carbons (Fsp3) is 0.250. The van der Waals surface area contributed by atoms with Gasteiger partial charge in [-0.3, -0.25) is 14.5 Å². The van der Waals surface area contributed by atoms with Gasteiger partial charge in [0.25, 0.3) is 10.0 Å². The van der Waals surface area contributed by atoms with Crippen molar-refractivity contribution < 1.29 is 8.42 Å². The Labute approximate surface area is 121 Å². The first-order valence-electron chi connectivity index (χ1n) is 6.22. The molecule has 3 rings (SSSR count). The lowest BCUT2D eigenvalue weighted by molar-refractivity contribution is 0.597. The highest BCUT2D eigenvalue weighted by Crippen LogP contribution is 2.23. The highest BCUT2D eigenvalue weighted by Gasteiger charge is 2.23. The molecule has 0 amide bonds. The van der Waals surface area contributed by atoms with Crippen LogP contribution < -0.4 is 4.72 Å². The Morgan fingerprint density at radius 3 is 2.76 bits per heavy atom. The molecule has 0 aliphatic rings. The van der Waals surface area contributed by atoms with E-state index in [1.54, 1.807) is 25.4 Å². The zero-order valence-corrected chi connectivity index (χ0v) is 12.6. The summed E-state index contributed by atoms with van der Waals surface area (Å²) in [5, 5.41) is 11.1. The van der Waals surface area contributed by atoms with Crippen molar-refractivity contribution in [3.63, 3.8) is 0 Å². The van der Waals surface area contributed by atoms with E-state index in [9.17, 15) is 8.42 Å². The Morgan fingerprint density at radius 1 is 1.33 bits per heavy atom. The predicted octanol–water partition coefficient (Wildman–Crippen LogP) is 1.11. The smallest absolute Gasteiger partial charge is 0.263 e. The fourth-order valence-electron chi connectivity index (χ4n) is 2.12. The van der Waals surface area contributed by atoms with Crippen LogP contribution in [0.4, 0.5) is 5.82 Å². The molecule has 0 spiro atoms. The maximum Gasteiger partial charge on any atom is 0.280 e. The average Bonchev–Trinajstić information content (AvgIpc) is 2.96. The van der Waals surface area contributed by atoms with E-state index in [0.717, 1.165) is 11.3 Å². The van der Waals surface area contributed by atoms with Crippen LogP contribution in [0.25, 0.3) is 11.0 Å². The molecule has 0 atom stereocenters. The number of anilines is 1. The third-order valence-electron chi connectivity index (χ3n) is 3.32. The molecular formula is C12H14N6O2S. The second kappa shape index (κ2) is 4.55. The molecule has 0 saturated heterocycles. The molecule has 0 fully saturated rings. The second-order valence-corrected chi connectivity index (χ2v) is 6.33. The number of H-pyrrole nitrogens is 1. The number of aromatic nitrogens is 5. The van der Waals surface area contributed by atoms with Crippen molar-refractivity contribution in [3.8, 4) is 0 Å². The normalized spacial score (nSPS) is 12.0. The molecule has 3 aromatic heterocycles. The number of aryl methyl sites for hydroxylation is 2. The maximum atomic E-state index is 12.5. The van der Waals surface area contributed by atoms with Gasteiger partial charge in [-0.05, 0) is 26.0 Å². The quantitative estimate of drug-likeness (QED) is 0.754. The van der Waals surface area contributed by atoms with E-state index in [-0.39, 0.29) is 5.03 Å². The zero-order valence-electron chi connectivity index (χ0n) is 11.7. The number of hydrogen-bond donors (Lipinski definition) is 2. The Balaban J connectivity index is 2.09. The van der Waals surface area contributed by atoms with Gasteiger partial charge in [0.2, 0.25) is 0 Å². The number of fused-ring (bicyclic) bond motifs is 1. The molecule has 0 saturated carbocycles. The molecule has 3 aromatic rings. The number of aromatic amines is 1. The van der Waals surface area contributed by atoms with Gasteiger partial charge in [0.15, 0.2) is 10.7 Å². The molecule has 2 N–H and O–H groups in total. The van der Waals surface area contributed by atoms with E-state index >= 15 is 0 Å². The lowest BCUT2D eigenvalue weighted by Crippen LogP contribution is -2.16. The number of nitrogens with zero attached hydrogens (tertiary/aromatic N) is 4. The van der Waals surface area contributed by atoms with Crippen LogP contribution in [-0.4, -0.2) is 33.4 Å². The maximum absolute atomic E-state index is 12.5. The summed E-state index contributed by atoms with van der Waals surface area (Å²) >= 11 is 0. The Hall–Kier alpha value is -2.42. The van der Waals surface area contributed by atoms with Gasteiger partial charge < -0.3 is 0 Å². The molecule has 9 heteroatoms. The van der Waals surface area contributed by atoms with Gasteiger partial charge in [-0.25, -0.2) is 4.98 Å². The molecule has 21 heavy (non-hydrogen) atoms. The Kier molecular flexibility index (Phi) is 2.94. The Morgan fingerprint density at radius 2 is 2.10 bits per heavy atom. The molecule has 3 heterocycles. The average molecular weight is 306 g/mol. The van der Waals surface area contributed by atoms with Gasteiger partial charge in [-0.1, -0.05) is 0 Å². The van der Waals surface area contributed by atoms with Gasteiger partial charge in [-0.2, -0.15) is 18.6 Å². The van der Waals surface area contributed by atoms with E-state index in [1.165, 1.54) is 4.68 Å². The summed E-state index contributed by atoms with van der Waals surface area (Å²) in [5.74, 6) is 0.430. The molecular weight excluding hydrogens is 292 g/mol. The minimum absolute atomic E-state index is 0.0103. The number of rotatable bonds is 3. The lowest BCUT2D eigenvalue weighted by atomic mass is 10.3.